The zero-order chi connectivity index (χ0) is 10.1. The van der Waals surface area contributed by atoms with E-state index in [9.17, 15) is 9.90 Å². The van der Waals surface area contributed by atoms with E-state index >= 15 is 0 Å². The van der Waals surface area contributed by atoms with Gasteiger partial charge in [-0.15, -0.1) is 6.58 Å². The highest BCUT2D eigenvalue weighted by Gasteiger charge is 2.04. The van der Waals surface area contributed by atoms with Gasteiger partial charge in [0.05, 0.1) is 17.1 Å². The number of aliphatic hydroxyl groups excluding tert-OH is 1. The molecule has 1 atom stereocenters. The molecule has 2 aromatic rings. The molecule has 0 bridgehead atoms. The fourth-order valence-corrected chi connectivity index (χ4v) is 1.37. The summed E-state index contributed by atoms with van der Waals surface area (Å²) in [5.74, 6) is 0. The molecule has 0 amide bonds. The molecule has 0 radical (unpaired) electrons. The molecule has 1 aromatic carbocycles. The van der Waals surface area contributed by atoms with Gasteiger partial charge >= 0.3 is 5.69 Å². The molecule has 0 saturated heterocycles. The number of H-pyrrole nitrogens is 2. The Morgan fingerprint density at radius 3 is 2.79 bits per heavy atom. The fourth-order valence-electron chi connectivity index (χ4n) is 1.37. The number of aromatic nitrogens is 2. The Morgan fingerprint density at radius 2 is 2.07 bits per heavy atom. The topological polar surface area (TPSA) is 68.9 Å². The minimum Gasteiger partial charge on any atom is -0.384 e. The molecule has 1 heterocycles. The second kappa shape index (κ2) is 3.16. The van der Waals surface area contributed by atoms with Crippen molar-refractivity contribution in [3.8, 4) is 0 Å². The van der Waals surface area contributed by atoms with E-state index in [-0.39, 0.29) is 5.69 Å². The number of nitrogens with one attached hydrogen (secondary N) is 2. The first-order valence-corrected chi connectivity index (χ1v) is 4.23. The summed E-state index contributed by atoms with van der Waals surface area (Å²) in [5.41, 5.74) is 1.89. The van der Waals surface area contributed by atoms with Crippen molar-refractivity contribution in [3.63, 3.8) is 0 Å². The predicted molar refractivity (Wildman–Crippen MR) is 54.1 cm³/mol. The van der Waals surface area contributed by atoms with E-state index in [2.05, 4.69) is 16.5 Å². The molecule has 0 aliphatic heterocycles. The van der Waals surface area contributed by atoms with Crippen LogP contribution in [0.5, 0.6) is 0 Å². The van der Waals surface area contributed by atoms with E-state index in [1.54, 1.807) is 18.2 Å². The molecule has 72 valence electrons. The maximum Gasteiger partial charge on any atom is 0.323 e. The van der Waals surface area contributed by atoms with Crippen LogP contribution in [0.3, 0.4) is 0 Å². The van der Waals surface area contributed by atoms with Crippen LogP contribution in [0.15, 0.2) is 35.6 Å². The van der Waals surface area contributed by atoms with Crippen LogP contribution < -0.4 is 5.69 Å². The predicted octanol–water partition coefficient (Wildman–Crippen LogP) is 1.08. The Hall–Kier alpha value is -1.81. The zero-order valence-electron chi connectivity index (χ0n) is 7.45. The smallest absolute Gasteiger partial charge is 0.323 e. The summed E-state index contributed by atoms with van der Waals surface area (Å²) in [6, 6.07) is 5.22. The molecule has 0 fully saturated rings. The summed E-state index contributed by atoms with van der Waals surface area (Å²) in [6.45, 7) is 3.49. The van der Waals surface area contributed by atoms with E-state index in [0.29, 0.717) is 11.1 Å². The van der Waals surface area contributed by atoms with Gasteiger partial charge in [0, 0.05) is 0 Å². The molecule has 1 aromatic heterocycles. The lowest BCUT2D eigenvalue weighted by atomic mass is 10.1. The van der Waals surface area contributed by atoms with Crippen LogP contribution in [0.4, 0.5) is 0 Å². The number of imidazole rings is 1. The van der Waals surface area contributed by atoms with Crippen molar-refractivity contribution >= 4 is 11.0 Å². The van der Waals surface area contributed by atoms with Crippen molar-refractivity contribution in [1.82, 2.24) is 9.97 Å². The highest BCUT2D eigenvalue weighted by atomic mass is 16.3. The molecule has 0 spiro atoms. The largest absolute Gasteiger partial charge is 0.384 e. The average Bonchev–Trinajstić information content (AvgIpc) is 2.55. The lowest BCUT2D eigenvalue weighted by Crippen LogP contribution is -1.99. The van der Waals surface area contributed by atoms with Gasteiger partial charge in [-0.3, -0.25) is 0 Å². The Balaban J connectivity index is 2.61. The van der Waals surface area contributed by atoms with Gasteiger partial charge in [-0.25, -0.2) is 4.79 Å². The molecular weight excluding hydrogens is 180 g/mol. The number of rotatable bonds is 2. The molecule has 4 nitrogen and oxygen atoms in total. The van der Waals surface area contributed by atoms with E-state index in [0.717, 1.165) is 5.52 Å². The summed E-state index contributed by atoms with van der Waals surface area (Å²) < 4.78 is 0. The first-order chi connectivity index (χ1) is 6.70. The van der Waals surface area contributed by atoms with Crippen molar-refractivity contribution in [2.75, 3.05) is 0 Å². The summed E-state index contributed by atoms with van der Waals surface area (Å²) in [7, 11) is 0. The van der Waals surface area contributed by atoms with E-state index in [1.165, 1.54) is 6.08 Å². The summed E-state index contributed by atoms with van der Waals surface area (Å²) in [5, 5.41) is 9.48. The maximum atomic E-state index is 10.9. The van der Waals surface area contributed by atoms with Crippen LogP contribution in [0, 0.1) is 0 Å². The Bertz CT molecular complexity index is 524. The standard InChI is InChI=1S/C10H10N2O2/c1-2-9(13)6-3-4-7-8(5-6)12-10(14)11-7/h2-5,9,13H,1H2,(H2,11,12,14). The molecule has 0 aliphatic rings. The van der Waals surface area contributed by atoms with Gasteiger partial charge in [0.1, 0.15) is 0 Å². The second-order valence-electron chi connectivity index (χ2n) is 3.06. The van der Waals surface area contributed by atoms with Gasteiger partial charge < -0.3 is 15.1 Å². The molecule has 2 rings (SSSR count). The monoisotopic (exact) mass is 190 g/mol. The quantitative estimate of drug-likeness (QED) is 0.620. The van der Waals surface area contributed by atoms with Crippen molar-refractivity contribution in [2.24, 2.45) is 0 Å². The van der Waals surface area contributed by atoms with Crippen molar-refractivity contribution in [1.29, 1.82) is 0 Å². The number of aliphatic hydroxyl groups is 1. The first kappa shape index (κ1) is 8.77. The van der Waals surface area contributed by atoms with Crippen molar-refractivity contribution in [3.05, 3.63) is 46.9 Å². The third kappa shape index (κ3) is 1.36. The van der Waals surface area contributed by atoms with E-state index in [4.69, 9.17) is 0 Å². The number of fused-ring (bicyclic) bond motifs is 1. The third-order valence-electron chi connectivity index (χ3n) is 2.10. The highest BCUT2D eigenvalue weighted by molar-refractivity contribution is 5.75. The van der Waals surface area contributed by atoms with Gasteiger partial charge in [-0.1, -0.05) is 12.1 Å². The Labute approximate surface area is 79.9 Å². The summed E-state index contributed by atoms with van der Waals surface area (Å²) in [4.78, 5) is 16.2. The molecule has 0 saturated carbocycles. The number of benzene rings is 1. The normalized spacial score (nSPS) is 12.9. The molecule has 4 heteroatoms. The van der Waals surface area contributed by atoms with Crippen LogP contribution in [-0.4, -0.2) is 15.1 Å². The van der Waals surface area contributed by atoms with Crippen LogP contribution in [0.25, 0.3) is 11.0 Å². The number of hydrogen-bond acceptors (Lipinski definition) is 2. The minimum absolute atomic E-state index is 0.245. The van der Waals surface area contributed by atoms with Gasteiger partial charge in [0.15, 0.2) is 0 Å². The van der Waals surface area contributed by atoms with Crippen molar-refractivity contribution < 1.29 is 5.11 Å². The maximum absolute atomic E-state index is 10.9. The molecular formula is C10H10N2O2. The number of hydrogen-bond donors (Lipinski definition) is 3. The number of aromatic amines is 2. The van der Waals surface area contributed by atoms with E-state index < -0.39 is 6.10 Å². The fraction of sp³-hybridized carbons (Fsp3) is 0.100. The van der Waals surface area contributed by atoms with Crippen LogP contribution in [0.2, 0.25) is 0 Å². The summed E-state index contributed by atoms with van der Waals surface area (Å²) >= 11 is 0. The van der Waals surface area contributed by atoms with Crippen LogP contribution in [0.1, 0.15) is 11.7 Å². The lowest BCUT2D eigenvalue weighted by molar-refractivity contribution is 0.229. The van der Waals surface area contributed by atoms with Gasteiger partial charge in [-0.05, 0) is 17.7 Å². The Morgan fingerprint density at radius 1 is 1.36 bits per heavy atom. The Kier molecular flexibility index (Phi) is 1.98. The molecule has 0 aliphatic carbocycles. The van der Waals surface area contributed by atoms with Crippen LogP contribution >= 0.6 is 0 Å². The lowest BCUT2D eigenvalue weighted by Gasteiger charge is -2.04. The highest BCUT2D eigenvalue weighted by Crippen LogP contribution is 2.17. The van der Waals surface area contributed by atoms with Gasteiger partial charge in [0.25, 0.3) is 0 Å². The van der Waals surface area contributed by atoms with Gasteiger partial charge in [-0.2, -0.15) is 0 Å². The van der Waals surface area contributed by atoms with Gasteiger partial charge in [0.2, 0.25) is 0 Å². The zero-order valence-corrected chi connectivity index (χ0v) is 7.45. The van der Waals surface area contributed by atoms with Crippen molar-refractivity contribution in [2.45, 2.75) is 6.10 Å². The summed E-state index contributed by atoms with van der Waals surface area (Å²) in [6.07, 6.45) is 0.740. The van der Waals surface area contributed by atoms with Crippen LogP contribution in [-0.2, 0) is 0 Å². The third-order valence-corrected chi connectivity index (χ3v) is 2.10. The molecule has 1 unspecified atom stereocenters. The average molecular weight is 190 g/mol. The van der Waals surface area contributed by atoms with E-state index in [1.807, 2.05) is 0 Å². The molecule has 14 heavy (non-hydrogen) atoms. The second-order valence-corrected chi connectivity index (χ2v) is 3.06. The molecule has 3 N–H and O–H groups in total. The first-order valence-electron chi connectivity index (χ1n) is 4.23. The minimum atomic E-state index is -0.696. The SMILES string of the molecule is C=CC(O)c1ccc2[nH]c(=O)[nH]c2c1.